The molecule has 1 aromatic carbocycles. The van der Waals surface area contributed by atoms with Crippen LogP contribution in [0.5, 0.6) is 0 Å². The van der Waals surface area contributed by atoms with Crippen LogP contribution in [0.3, 0.4) is 0 Å². The number of fused-ring (bicyclic) bond motifs is 3. The highest BCUT2D eigenvalue weighted by Gasteiger charge is 2.17. The first kappa shape index (κ1) is 13.9. The van der Waals surface area contributed by atoms with Gasteiger partial charge >= 0.3 is 0 Å². The molecule has 1 N–H and O–H groups in total. The molecule has 1 aliphatic rings. The first-order valence-electron chi connectivity index (χ1n) is 6.93. The number of methoxy groups -OCH3 is 2. The number of amidine groups is 1. The van der Waals surface area contributed by atoms with E-state index in [9.17, 15) is 0 Å². The fourth-order valence-corrected chi connectivity index (χ4v) is 2.50. The Morgan fingerprint density at radius 2 is 2.00 bits per heavy atom. The van der Waals surface area contributed by atoms with E-state index in [0.717, 1.165) is 11.5 Å². The summed E-state index contributed by atoms with van der Waals surface area (Å²) in [6.07, 6.45) is 1.77. The van der Waals surface area contributed by atoms with Crippen LogP contribution in [0.1, 0.15) is 11.3 Å². The molecule has 1 aliphatic heterocycles. The molecule has 0 spiro atoms. The van der Waals surface area contributed by atoms with Gasteiger partial charge in [0.1, 0.15) is 5.84 Å². The van der Waals surface area contributed by atoms with Gasteiger partial charge in [-0.3, -0.25) is 4.99 Å². The van der Waals surface area contributed by atoms with Crippen LogP contribution in [0.25, 0.3) is 5.69 Å². The van der Waals surface area contributed by atoms with Gasteiger partial charge in [0.25, 0.3) is 0 Å². The average Bonchev–Trinajstić information content (AvgIpc) is 2.95. The number of hydrogen-bond acceptors (Lipinski definition) is 4. The lowest BCUT2D eigenvalue weighted by molar-refractivity contribution is -0.0965. The summed E-state index contributed by atoms with van der Waals surface area (Å²) in [7, 11) is 3.26. The number of nitrogens with zero attached hydrogens (tertiary/aromatic N) is 2. The quantitative estimate of drug-likeness (QED) is 0.873. The molecule has 5 nitrogen and oxygen atoms in total. The Morgan fingerprint density at radius 1 is 1.19 bits per heavy atom. The molecule has 1 aromatic heterocycles. The molecule has 0 radical (unpaired) electrons. The Labute approximate surface area is 124 Å². The molecule has 0 saturated heterocycles. The molecule has 2 aromatic rings. The van der Waals surface area contributed by atoms with Crippen molar-refractivity contribution in [3.05, 3.63) is 53.9 Å². The Bertz CT molecular complexity index is 644. The van der Waals surface area contributed by atoms with Crippen molar-refractivity contribution in [1.82, 2.24) is 9.88 Å². The maximum atomic E-state index is 5.21. The molecule has 110 valence electrons. The van der Waals surface area contributed by atoms with Gasteiger partial charge in [-0.1, -0.05) is 18.2 Å². The van der Waals surface area contributed by atoms with Gasteiger partial charge in [-0.25, -0.2) is 0 Å². The van der Waals surface area contributed by atoms with Gasteiger partial charge in [-0.05, 0) is 23.8 Å². The molecule has 0 unspecified atom stereocenters. The summed E-state index contributed by atoms with van der Waals surface area (Å²) in [5, 5.41) is 3.32. The topological polar surface area (TPSA) is 47.8 Å². The Morgan fingerprint density at radius 3 is 2.81 bits per heavy atom. The molecule has 5 heteroatoms. The molecule has 0 aliphatic carbocycles. The lowest BCUT2D eigenvalue weighted by Crippen LogP contribution is -2.35. The van der Waals surface area contributed by atoms with Crippen LogP contribution in [0.15, 0.2) is 47.6 Å². The standard InChI is InChI=1S/C16H19N3O2/c1-20-15(21-2)11-18-16-14-8-5-9-19(14)13-7-4-3-6-12(13)10-17-16/h3-9,15H,10-11H2,1-2H3,(H,17,18). The van der Waals surface area contributed by atoms with Crippen molar-refractivity contribution in [1.29, 1.82) is 0 Å². The van der Waals surface area contributed by atoms with Crippen molar-refractivity contribution < 1.29 is 9.47 Å². The van der Waals surface area contributed by atoms with Crippen molar-refractivity contribution >= 4 is 5.84 Å². The lowest BCUT2D eigenvalue weighted by Gasteiger charge is -2.16. The van der Waals surface area contributed by atoms with E-state index in [0.29, 0.717) is 13.1 Å². The van der Waals surface area contributed by atoms with Crippen LogP contribution in [-0.2, 0) is 16.0 Å². The summed E-state index contributed by atoms with van der Waals surface area (Å²) in [6, 6.07) is 12.4. The van der Waals surface area contributed by atoms with E-state index in [1.165, 1.54) is 11.3 Å². The molecular weight excluding hydrogens is 266 g/mol. The number of aromatic nitrogens is 1. The molecular formula is C16H19N3O2. The summed E-state index contributed by atoms with van der Waals surface area (Å²) in [4.78, 5) is 4.69. The van der Waals surface area contributed by atoms with Crippen LogP contribution in [0, 0.1) is 0 Å². The number of aliphatic imine (C=N–C) groups is 1. The third-order valence-corrected chi connectivity index (χ3v) is 3.61. The van der Waals surface area contributed by atoms with Gasteiger partial charge in [-0.2, -0.15) is 0 Å². The second-order valence-electron chi connectivity index (χ2n) is 4.84. The van der Waals surface area contributed by atoms with Gasteiger partial charge < -0.3 is 19.4 Å². The van der Waals surface area contributed by atoms with Crippen molar-refractivity contribution in [2.45, 2.75) is 12.8 Å². The van der Waals surface area contributed by atoms with Crippen molar-refractivity contribution in [3.8, 4) is 5.69 Å². The molecule has 0 amide bonds. The molecule has 0 bridgehead atoms. The van der Waals surface area contributed by atoms with Crippen molar-refractivity contribution in [3.63, 3.8) is 0 Å². The zero-order valence-electron chi connectivity index (χ0n) is 12.2. The van der Waals surface area contributed by atoms with Gasteiger partial charge in [0.2, 0.25) is 0 Å². The average molecular weight is 285 g/mol. The van der Waals surface area contributed by atoms with E-state index in [-0.39, 0.29) is 6.29 Å². The van der Waals surface area contributed by atoms with Gasteiger partial charge in [-0.15, -0.1) is 0 Å². The summed E-state index contributed by atoms with van der Waals surface area (Å²) < 4.78 is 12.6. The fraction of sp³-hybridized carbons (Fsp3) is 0.312. The maximum absolute atomic E-state index is 5.21. The number of benzene rings is 1. The van der Waals surface area contributed by atoms with E-state index in [2.05, 4.69) is 34.3 Å². The number of nitrogens with one attached hydrogen (secondary N) is 1. The second kappa shape index (κ2) is 6.11. The summed E-state index contributed by atoms with van der Waals surface area (Å²) >= 11 is 0. The van der Waals surface area contributed by atoms with Gasteiger partial charge in [0, 0.05) is 20.4 Å². The fourth-order valence-electron chi connectivity index (χ4n) is 2.50. The Hall–Kier alpha value is -2.11. The predicted molar refractivity (Wildman–Crippen MR) is 81.8 cm³/mol. The molecule has 0 saturated carbocycles. The largest absolute Gasteiger partial charge is 0.364 e. The van der Waals surface area contributed by atoms with Crippen LogP contribution in [-0.4, -0.2) is 37.5 Å². The zero-order valence-corrected chi connectivity index (χ0v) is 12.2. The predicted octanol–water partition coefficient (Wildman–Crippen LogP) is 1.95. The molecule has 21 heavy (non-hydrogen) atoms. The van der Waals surface area contributed by atoms with Crippen molar-refractivity contribution in [2.75, 3.05) is 20.8 Å². The number of rotatable bonds is 4. The van der Waals surface area contributed by atoms with E-state index in [4.69, 9.17) is 14.5 Å². The van der Waals surface area contributed by atoms with E-state index < -0.39 is 0 Å². The number of para-hydroxylation sites is 1. The number of ether oxygens (including phenoxy) is 2. The summed E-state index contributed by atoms with van der Waals surface area (Å²) in [5.41, 5.74) is 3.43. The Balaban J connectivity index is 1.89. The monoisotopic (exact) mass is 285 g/mol. The summed E-state index contributed by atoms with van der Waals surface area (Å²) in [5.74, 6) is 0.857. The minimum atomic E-state index is -0.290. The zero-order chi connectivity index (χ0) is 14.7. The highest BCUT2D eigenvalue weighted by atomic mass is 16.7. The van der Waals surface area contributed by atoms with E-state index in [1.807, 2.05) is 18.2 Å². The van der Waals surface area contributed by atoms with Gasteiger partial charge in [0.05, 0.1) is 24.5 Å². The van der Waals surface area contributed by atoms with Crippen LogP contribution >= 0.6 is 0 Å². The lowest BCUT2D eigenvalue weighted by atomic mass is 10.2. The smallest absolute Gasteiger partial charge is 0.173 e. The normalized spacial score (nSPS) is 13.4. The molecule has 3 rings (SSSR count). The highest BCUT2D eigenvalue weighted by molar-refractivity contribution is 5.98. The van der Waals surface area contributed by atoms with Crippen LogP contribution in [0.4, 0.5) is 0 Å². The minimum absolute atomic E-state index is 0.290. The first-order chi connectivity index (χ1) is 10.3. The molecule has 2 heterocycles. The minimum Gasteiger partial charge on any atom is -0.364 e. The highest BCUT2D eigenvalue weighted by Crippen LogP contribution is 2.21. The van der Waals surface area contributed by atoms with Gasteiger partial charge in [0.15, 0.2) is 6.29 Å². The van der Waals surface area contributed by atoms with E-state index >= 15 is 0 Å². The first-order valence-corrected chi connectivity index (χ1v) is 6.93. The Kier molecular flexibility index (Phi) is 4.03. The third kappa shape index (κ3) is 2.70. The van der Waals surface area contributed by atoms with Crippen LogP contribution in [0.2, 0.25) is 0 Å². The van der Waals surface area contributed by atoms with Crippen LogP contribution < -0.4 is 5.32 Å². The maximum Gasteiger partial charge on any atom is 0.173 e. The van der Waals surface area contributed by atoms with Crippen molar-refractivity contribution in [2.24, 2.45) is 4.99 Å². The second-order valence-corrected chi connectivity index (χ2v) is 4.84. The summed E-state index contributed by atoms with van der Waals surface area (Å²) in [6.45, 7) is 1.21. The molecule has 0 fully saturated rings. The number of hydrogen-bond donors (Lipinski definition) is 1. The molecule has 0 atom stereocenters. The third-order valence-electron chi connectivity index (χ3n) is 3.61. The SMILES string of the molecule is COC(CNC1=NCc2ccccc2-n2cccc21)OC. The van der Waals surface area contributed by atoms with E-state index in [1.54, 1.807) is 14.2 Å².